The van der Waals surface area contributed by atoms with Crippen LogP contribution in [-0.4, -0.2) is 72.5 Å². The van der Waals surface area contributed by atoms with E-state index in [1.807, 2.05) is 0 Å². The third-order valence-electron chi connectivity index (χ3n) is 7.09. The van der Waals surface area contributed by atoms with Crippen LogP contribution in [0.2, 0.25) is 0 Å². The summed E-state index contributed by atoms with van der Waals surface area (Å²) in [5.74, 6) is -1.59. The Balaban J connectivity index is 1.37. The minimum Gasteiger partial charge on any atom is -0.350 e. The Hall–Kier alpha value is -2.55. The van der Waals surface area contributed by atoms with Gasteiger partial charge in [0, 0.05) is 39.3 Å². The number of rotatable bonds is 6. The molecule has 3 saturated heterocycles. The lowest BCUT2D eigenvalue weighted by Crippen LogP contribution is -2.57. The summed E-state index contributed by atoms with van der Waals surface area (Å²) in [6, 6.07) is 6.18. The molecule has 11 heteroatoms. The predicted molar refractivity (Wildman–Crippen MR) is 122 cm³/mol. The molecule has 1 aromatic rings. The summed E-state index contributed by atoms with van der Waals surface area (Å²) in [5.41, 5.74) is 1.16. The fraction of sp³-hybridized carbons (Fsp3) is 0.609. The fourth-order valence-corrected chi connectivity index (χ4v) is 6.70. The number of nitrogens with zero attached hydrogens (tertiary/aromatic N) is 4. The van der Waals surface area contributed by atoms with E-state index in [1.165, 1.54) is 14.7 Å². The van der Waals surface area contributed by atoms with Crippen LogP contribution in [-0.2, 0) is 26.3 Å². The van der Waals surface area contributed by atoms with E-state index in [0.29, 0.717) is 49.9 Å². The molecule has 2 atom stereocenters. The van der Waals surface area contributed by atoms with Gasteiger partial charge < -0.3 is 10.2 Å². The molecule has 3 aliphatic heterocycles. The predicted octanol–water partition coefficient (Wildman–Crippen LogP) is 1.15. The molecule has 0 saturated carbocycles. The average Bonchev–Trinajstić information content (AvgIpc) is 3.28. The van der Waals surface area contributed by atoms with Crippen LogP contribution in [0.1, 0.15) is 36.8 Å². The molecule has 184 valence electrons. The van der Waals surface area contributed by atoms with E-state index in [9.17, 15) is 22.4 Å². The summed E-state index contributed by atoms with van der Waals surface area (Å²) in [6.07, 6.45) is 2.37. The molecule has 3 aliphatic rings. The third-order valence-corrected chi connectivity index (χ3v) is 9.02. The summed E-state index contributed by atoms with van der Waals surface area (Å²) in [7, 11) is -3.70. The number of hydrogen-bond acceptors (Lipinski definition) is 5. The summed E-state index contributed by atoms with van der Waals surface area (Å²) in [6.45, 7) is 3.09. The number of carbonyl (C=O) groups is 2. The van der Waals surface area contributed by atoms with Crippen LogP contribution in [0.5, 0.6) is 0 Å². The van der Waals surface area contributed by atoms with Gasteiger partial charge >= 0.3 is 0 Å². The SMILES string of the molecule is Cc1c(F)cccc1CNC(=O)[C@H]1CCCN1C(=O)[C@H]1CCCN(S(=O)(=O)N2CC(C#N)C2)C1. The maximum absolute atomic E-state index is 13.8. The second kappa shape index (κ2) is 9.98. The molecule has 0 spiro atoms. The van der Waals surface area contributed by atoms with Gasteiger partial charge in [0.15, 0.2) is 0 Å². The van der Waals surface area contributed by atoms with Gasteiger partial charge in [-0.3, -0.25) is 9.59 Å². The molecule has 0 aromatic heterocycles. The first kappa shape index (κ1) is 24.6. The Morgan fingerprint density at radius 1 is 1.15 bits per heavy atom. The van der Waals surface area contributed by atoms with E-state index in [0.717, 1.165) is 0 Å². The van der Waals surface area contributed by atoms with Crippen molar-refractivity contribution in [2.75, 3.05) is 32.7 Å². The highest BCUT2D eigenvalue weighted by Gasteiger charge is 2.44. The topological polar surface area (TPSA) is 114 Å². The molecular formula is C23H30FN5O4S. The maximum atomic E-state index is 13.8. The van der Waals surface area contributed by atoms with Gasteiger partial charge in [-0.2, -0.15) is 22.3 Å². The van der Waals surface area contributed by atoms with Crippen molar-refractivity contribution in [3.8, 4) is 6.07 Å². The van der Waals surface area contributed by atoms with Crippen molar-refractivity contribution < 1.29 is 22.4 Å². The van der Waals surface area contributed by atoms with Crippen LogP contribution in [0.25, 0.3) is 0 Å². The first-order valence-electron chi connectivity index (χ1n) is 11.7. The number of piperidine rings is 1. The molecule has 0 radical (unpaired) electrons. The van der Waals surface area contributed by atoms with Crippen molar-refractivity contribution in [1.29, 1.82) is 5.26 Å². The van der Waals surface area contributed by atoms with E-state index in [-0.39, 0.29) is 49.7 Å². The number of likely N-dealkylation sites (tertiary alicyclic amines) is 1. The third kappa shape index (κ3) is 4.80. The molecule has 4 rings (SSSR count). The number of halogens is 1. The monoisotopic (exact) mass is 491 g/mol. The lowest BCUT2D eigenvalue weighted by molar-refractivity contribution is -0.142. The van der Waals surface area contributed by atoms with Gasteiger partial charge in [-0.05, 0) is 49.8 Å². The first-order valence-corrected chi connectivity index (χ1v) is 13.1. The van der Waals surface area contributed by atoms with Crippen LogP contribution in [0, 0.1) is 35.9 Å². The van der Waals surface area contributed by atoms with E-state index in [1.54, 1.807) is 24.0 Å². The standard InChI is InChI=1S/C23H30FN5O4S/c1-16-18(5-2-7-20(16)24)12-26-22(30)21-8-4-10-29(21)23(31)19-6-3-9-27(15-19)34(32,33)28-13-17(11-25)14-28/h2,5,7,17,19,21H,3-4,6,8-10,12-15H2,1H3,(H,26,30)/t19-,21+/m0/s1. The van der Waals surface area contributed by atoms with Crippen molar-refractivity contribution in [2.24, 2.45) is 11.8 Å². The van der Waals surface area contributed by atoms with Gasteiger partial charge in [-0.15, -0.1) is 0 Å². The zero-order valence-corrected chi connectivity index (χ0v) is 20.1. The van der Waals surface area contributed by atoms with Crippen LogP contribution >= 0.6 is 0 Å². The van der Waals surface area contributed by atoms with Crippen molar-refractivity contribution >= 4 is 22.0 Å². The second-order valence-electron chi connectivity index (χ2n) is 9.28. The minimum atomic E-state index is -3.70. The molecular weight excluding hydrogens is 461 g/mol. The first-order chi connectivity index (χ1) is 16.2. The van der Waals surface area contributed by atoms with Crippen LogP contribution in [0.4, 0.5) is 4.39 Å². The minimum absolute atomic E-state index is 0.0855. The number of carbonyl (C=O) groups excluding carboxylic acids is 2. The van der Waals surface area contributed by atoms with E-state index in [4.69, 9.17) is 5.26 Å². The fourth-order valence-electron chi connectivity index (χ4n) is 4.91. The van der Waals surface area contributed by atoms with Gasteiger partial charge in [-0.1, -0.05) is 12.1 Å². The van der Waals surface area contributed by atoms with E-state index < -0.39 is 22.2 Å². The normalized spacial score (nSPS) is 24.4. The van der Waals surface area contributed by atoms with Crippen molar-refractivity contribution in [3.05, 3.63) is 35.1 Å². The molecule has 9 nitrogen and oxygen atoms in total. The Morgan fingerprint density at radius 3 is 2.62 bits per heavy atom. The van der Waals surface area contributed by atoms with Gasteiger partial charge in [0.1, 0.15) is 11.9 Å². The molecule has 34 heavy (non-hydrogen) atoms. The number of nitrogens with one attached hydrogen (secondary N) is 1. The Kier molecular flexibility index (Phi) is 7.21. The molecule has 0 aliphatic carbocycles. The Bertz CT molecular complexity index is 1100. The van der Waals surface area contributed by atoms with Crippen molar-refractivity contribution in [3.63, 3.8) is 0 Å². The van der Waals surface area contributed by atoms with Gasteiger partial charge in [-0.25, -0.2) is 4.39 Å². The zero-order valence-electron chi connectivity index (χ0n) is 19.2. The Labute approximate surface area is 199 Å². The zero-order chi connectivity index (χ0) is 24.5. The van der Waals surface area contributed by atoms with Crippen LogP contribution < -0.4 is 5.32 Å². The second-order valence-corrected chi connectivity index (χ2v) is 11.2. The summed E-state index contributed by atoms with van der Waals surface area (Å²) in [5, 5.41) is 11.8. The summed E-state index contributed by atoms with van der Waals surface area (Å²) in [4.78, 5) is 27.8. The average molecular weight is 492 g/mol. The maximum Gasteiger partial charge on any atom is 0.282 e. The van der Waals surface area contributed by atoms with Crippen LogP contribution in [0.3, 0.4) is 0 Å². The number of benzene rings is 1. The quantitative estimate of drug-likeness (QED) is 0.641. The number of amides is 2. The van der Waals surface area contributed by atoms with Gasteiger partial charge in [0.2, 0.25) is 11.8 Å². The number of hydrogen-bond donors (Lipinski definition) is 1. The summed E-state index contributed by atoms with van der Waals surface area (Å²) >= 11 is 0. The highest BCUT2D eigenvalue weighted by atomic mass is 32.2. The molecule has 1 aromatic carbocycles. The van der Waals surface area contributed by atoms with E-state index >= 15 is 0 Å². The molecule has 0 bridgehead atoms. The smallest absolute Gasteiger partial charge is 0.282 e. The molecule has 2 amide bonds. The molecule has 3 fully saturated rings. The lowest BCUT2D eigenvalue weighted by Gasteiger charge is -2.41. The van der Waals surface area contributed by atoms with Crippen molar-refractivity contribution in [2.45, 2.75) is 45.2 Å². The van der Waals surface area contributed by atoms with Crippen molar-refractivity contribution in [1.82, 2.24) is 18.8 Å². The van der Waals surface area contributed by atoms with E-state index in [2.05, 4.69) is 11.4 Å². The number of nitriles is 1. The Morgan fingerprint density at radius 2 is 1.88 bits per heavy atom. The highest BCUT2D eigenvalue weighted by Crippen LogP contribution is 2.29. The van der Waals surface area contributed by atoms with Gasteiger partial charge in [0.25, 0.3) is 10.2 Å². The molecule has 3 heterocycles. The van der Waals surface area contributed by atoms with Gasteiger partial charge in [0.05, 0.1) is 17.9 Å². The largest absolute Gasteiger partial charge is 0.350 e. The summed E-state index contributed by atoms with van der Waals surface area (Å²) < 4.78 is 42.2. The molecule has 1 N–H and O–H groups in total. The highest BCUT2D eigenvalue weighted by molar-refractivity contribution is 7.86. The molecule has 0 unspecified atom stereocenters. The lowest BCUT2D eigenvalue weighted by atomic mass is 9.97. The van der Waals surface area contributed by atoms with Crippen LogP contribution in [0.15, 0.2) is 18.2 Å².